The predicted molar refractivity (Wildman–Crippen MR) is 52.8 cm³/mol. The van der Waals surface area contributed by atoms with E-state index >= 15 is 0 Å². The van der Waals surface area contributed by atoms with E-state index in [2.05, 4.69) is 15.9 Å². The lowest BCUT2D eigenvalue weighted by molar-refractivity contribution is 1.55. The van der Waals surface area contributed by atoms with Crippen LogP contribution in [-0.2, 0) is 0 Å². The van der Waals surface area contributed by atoms with Gasteiger partial charge in [0.15, 0.2) is 0 Å². The van der Waals surface area contributed by atoms with Crippen molar-refractivity contribution in [2.75, 3.05) is 0 Å². The largest absolute Gasteiger partial charge is 0.285 e. The first kappa shape index (κ1) is 8.31. The summed E-state index contributed by atoms with van der Waals surface area (Å²) in [5.74, 6) is 0. The van der Waals surface area contributed by atoms with Gasteiger partial charge in [-0.15, -0.1) is 0 Å². The molecule has 0 fully saturated rings. The monoisotopic (exact) mass is 238 g/mol. The first-order chi connectivity index (χ1) is 6.13. The Hall–Kier alpha value is -1.29. The van der Waals surface area contributed by atoms with Gasteiger partial charge in [-0.3, -0.25) is 14.4 Å². The minimum Gasteiger partial charge on any atom is -0.285 e. The lowest BCUT2D eigenvalue weighted by Gasteiger charge is -1.88. The van der Waals surface area contributed by atoms with Crippen LogP contribution in [0.2, 0.25) is 0 Å². The van der Waals surface area contributed by atoms with Gasteiger partial charge in [0.05, 0.1) is 5.39 Å². The van der Waals surface area contributed by atoms with Crippen LogP contribution in [0.25, 0.3) is 10.8 Å². The zero-order valence-electron chi connectivity index (χ0n) is 6.33. The fourth-order valence-electron chi connectivity index (χ4n) is 1.28. The summed E-state index contributed by atoms with van der Waals surface area (Å²) in [6.45, 7) is 0. The van der Waals surface area contributed by atoms with Gasteiger partial charge in [0.25, 0.3) is 5.43 Å². The molecule has 0 spiro atoms. The summed E-state index contributed by atoms with van der Waals surface area (Å²) in [6.07, 6.45) is 0. The quantitative estimate of drug-likeness (QED) is 0.631. The molecule has 0 saturated heterocycles. The fourth-order valence-corrected chi connectivity index (χ4v) is 1.83. The van der Waals surface area contributed by atoms with Crippen molar-refractivity contribution >= 4 is 26.7 Å². The Bertz CT molecular complexity index is 621. The van der Waals surface area contributed by atoms with E-state index in [0.29, 0.717) is 4.47 Å². The molecule has 13 heavy (non-hydrogen) atoms. The molecule has 0 aliphatic rings. The molecule has 2 aromatic rings. The molecule has 0 aliphatic carbocycles. The molecule has 0 aromatic heterocycles. The third-order valence-corrected chi connectivity index (χ3v) is 2.56. The van der Waals surface area contributed by atoms with Gasteiger partial charge in [0, 0.05) is 9.86 Å². The van der Waals surface area contributed by atoms with Gasteiger partial charge < -0.3 is 0 Å². The first-order valence-electron chi connectivity index (χ1n) is 3.55. The summed E-state index contributed by atoms with van der Waals surface area (Å²) in [6, 6.07) is 4.72. The molecule has 0 amide bonds. The highest BCUT2D eigenvalue weighted by molar-refractivity contribution is 9.10. The molecule has 0 atom stereocenters. The number of hydrogen-bond donors (Lipinski definition) is 0. The van der Waals surface area contributed by atoms with Crippen molar-refractivity contribution in [3.05, 3.63) is 53.3 Å². The van der Waals surface area contributed by atoms with E-state index in [4.69, 9.17) is 0 Å². The van der Waals surface area contributed by atoms with Crippen molar-refractivity contribution in [3.63, 3.8) is 0 Å². The second kappa shape index (κ2) is 2.60. The molecule has 0 saturated carbocycles. The topological polar surface area (TPSA) is 51.2 Å². The van der Waals surface area contributed by atoms with Crippen molar-refractivity contribution in [2.45, 2.75) is 0 Å². The number of hydrogen-bond acceptors (Lipinski definition) is 3. The zero-order chi connectivity index (χ0) is 9.59. The number of fused-ring (bicyclic) bond motifs is 1. The molecule has 3 nitrogen and oxygen atoms in total. The normalized spacial score (nSPS) is 10.8. The summed E-state index contributed by atoms with van der Waals surface area (Å²) in [5, 5.41) is 0.391. The van der Waals surface area contributed by atoms with Crippen LogP contribution in [0.1, 0.15) is 0 Å². The van der Waals surface area contributed by atoms with Gasteiger partial charge in [-0.1, -0.05) is 28.1 Å². The van der Waals surface area contributed by atoms with Crippen molar-refractivity contribution in [1.82, 2.24) is 0 Å². The number of benzene rings is 1. The van der Waals surface area contributed by atoms with Crippen LogP contribution < -0.4 is 16.3 Å². The minimum absolute atomic E-state index is 0.192. The summed E-state index contributed by atoms with van der Waals surface area (Å²) >= 11 is 3.12. The molecular weight excluding hydrogens is 236 g/mol. The van der Waals surface area contributed by atoms with Crippen LogP contribution >= 0.6 is 15.9 Å². The van der Waals surface area contributed by atoms with Gasteiger partial charge in [-0.25, -0.2) is 0 Å². The Kier molecular flexibility index (Phi) is 1.66. The molecular formula is C9H3BrO3. The third kappa shape index (κ3) is 0.986. The van der Waals surface area contributed by atoms with E-state index in [1.807, 2.05) is 0 Å². The van der Waals surface area contributed by atoms with Gasteiger partial charge in [0.2, 0.25) is 10.9 Å². The fraction of sp³-hybridized carbons (Fsp3) is 0. The summed E-state index contributed by atoms with van der Waals surface area (Å²) in [5.41, 5.74) is -2.37. The molecule has 0 N–H and O–H groups in total. The highest BCUT2D eigenvalue weighted by Crippen LogP contribution is 2.16. The van der Waals surface area contributed by atoms with Crippen LogP contribution in [0, 0.1) is 0 Å². The van der Waals surface area contributed by atoms with E-state index in [9.17, 15) is 14.4 Å². The molecule has 4 heteroatoms. The molecule has 0 aliphatic heterocycles. The summed E-state index contributed by atoms with van der Waals surface area (Å²) in [7, 11) is 0. The van der Waals surface area contributed by atoms with Gasteiger partial charge in [0.1, 0.15) is 0 Å². The summed E-state index contributed by atoms with van der Waals surface area (Å²) < 4.78 is 0.495. The summed E-state index contributed by atoms with van der Waals surface area (Å²) in [4.78, 5) is 33.4. The Balaban J connectivity index is 3.33. The highest BCUT2D eigenvalue weighted by atomic mass is 79.9. The number of rotatable bonds is 0. The van der Waals surface area contributed by atoms with Crippen LogP contribution in [-0.4, -0.2) is 0 Å². The predicted octanol–water partition coefficient (Wildman–Crippen LogP) is 0.558. The van der Waals surface area contributed by atoms with Gasteiger partial charge in [-0.2, -0.15) is 0 Å². The van der Waals surface area contributed by atoms with Crippen molar-refractivity contribution in [1.29, 1.82) is 0 Å². The maximum Gasteiger partial charge on any atom is 0.274 e. The molecule has 0 heterocycles. The zero-order valence-corrected chi connectivity index (χ0v) is 7.92. The molecule has 0 unspecified atom stereocenters. The second-order valence-corrected chi connectivity index (χ2v) is 3.50. The molecule has 2 aromatic carbocycles. The van der Waals surface area contributed by atoms with E-state index in [1.54, 1.807) is 12.1 Å². The Morgan fingerprint density at radius 1 is 0.923 bits per heavy atom. The van der Waals surface area contributed by atoms with E-state index < -0.39 is 16.3 Å². The second-order valence-electron chi connectivity index (χ2n) is 2.65. The molecule has 0 radical (unpaired) electrons. The minimum atomic E-state index is -0.943. The Morgan fingerprint density at radius 2 is 1.62 bits per heavy atom. The first-order valence-corrected chi connectivity index (χ1v) is 4.34. The lowest BCUT2D eigenvalue weighted by atomic mass is 10.2. The standard InChI is InChI=1S/C9H3BrO3/c10-5-3-1-2-4-6(5)8(12)9(13)7(4)11/h1-3H. The molecule has 2 rings (SSSR count). The Labute approximate surface area is 80.5 Å². The lowest BCUT2D eigenvalue weighted by Crippen LogP contribution is -2.29. The third-order valence-electron chi connectivity index (χ3n) is 1.90. The molecule has 64 valence electrons. The van der Waals surface area contributed by atoms with Crippen molar-refractivity contribution < 1.29 is 0 Å². The van der Waals surface area contributed by atoms with Crippen molar-refractivity contribution in [3.8, 4) is 0 Å². The van der Waals surface area contributed by atoms with Crippen LogP contribution in [0.3, 0.4) is 0 Å². The van der Waals surface area contributed by atoms with E-state index in [-0.39, 0.29) is 10.8 Å². The van der Waals surface area contributed by atoms with Gasteiger partial charge in [-0.05, 0) is 6.07 Å². The maximum atomic E-state index is 11.2. The average molecular weight is 239 g/mol. The average Bonchev–Trinajstić information content (AvgIpc) is 2.33. The van der Waals surface area contributed by atoms with Gasteiger partial charge >= 0.3 is 0 Å². The molecule has 0 bridgehead atoms. The highest BCUT2D eigenvalue weighted by Gasteiger charge is 2.13. The van der Waals surface area contributed by atoms with Crippen LogP contribution in [0.5, 0.6) is 0 Å². The van der Waals surface area contributed by atoms with E-state index in [0.717, 1.165) is 0 Å². The van der Waals surface area contributed by atoms with Crippen LogP contribution in [0.15, 0.2) is 37.1 Å². The van der Waals surface area contributed by atoms with Crippen molar-refractivity contribution in [2.24, 2.45) is 0 Å². The Morgan fingerprint density at radius 3 is 2.23 bits per heavy atom. The van der Waals surface area contributed by atoms with E-state index in [1.165, 1.54) is 6.07 Å². The maximum absolute atomic E-state index is 11.2. The van der Waals surface area contributed by atoms with Crippen LogP contribution in [0.4, 0.5) is 0 Å². The smallest absolute Gasteiger partial charge is 0.274 e. The SMILES string of the molecule is O=c1c(=O)c2cccc(Br)c2c1=O. The number of halogens is 1.